The van der Waals surface area contributed by atoms with Crippen LogP contribution in [0, 0.1) is 5.92 Å². The van der Waals surface area contributed by atoms with Gasteiger partial charge in [-0.2, -0.15) is 4.98 Å². The van der Waals surface area contributed by atoms with Crippen LogP contribution in [0.25, 0.3) is 17.1 Å². The Morgan fingerprint density at radius 3 is 2.70 bits per heavy atom. The summed E-state index contributed by atoms with van der Waals surface area (Å²) >= 11 is 0. The van der Waals surface area contributed by atoms with E-state index in [4.69, 9.17) is 18.9 Å². The predicted molar refractivity (Wildman–Crippen MR) is 121 cm³/mol. The van der Waals surface area contributed by atoms with E-state index in [1.807, 2.05) is 49.4 Å². The minimum absolute atomic E-state index is 0.0841. The number of nitrogens with one attached hydrogen (secondary N) is 1. The third kappa shape index (κ3) is 4.63. The Hall–Kier alpha value is -3.59. The molecular weight excluding hydrogens is 424 g/mol. The summed E-state index contributed by atoms with van der Waals surface area (Å²) in [5, 5.41) is 7.55. The lowest BCUT2D eigenvalue weighted by molar-refractivity contribution is -0.122. The van der Waals surface area contributed by atoms with Gasteiger partial charge in [-0.1, -0.05) is 6.42 Å². The van der Waals surface area contributed by atoms with Crippen LogP contribution in [0.2, 0.25) is 0 Å². The minimum Gasteiger partial charge on any atom is -0.460 e. The van der Waals surface area contributed by atoms with Crippen LogP contribution >= 0.6 is 0 Å². The summed E-state index contributed by atoms with van der Waals surface area (Å²) in [6.07, 6.45) is 3.06. The molecule has 0 bridgehead atoms. The van der Waals surface area contributed by atoms with Crippen molar-refractivity contribution >= 4 is 11.6 Å². The summed E-state index contributed by atoms with van der Waals surface area (Å²) in [6.45, 7) is 3.57. The second kappa shape index (κ2) is 9.50. The molecule has 2 heterocycles. The highest BCUT2D eigenvalue weighted by Gasteiger charge is 2.25. The summed E-state index contributed by atoms with van der Waals surface area (Å²) in [4.78, 5) is 16.8. The molecule has 9 heteroatoms. The number of ether oxygens (including phenoxy) is 4. The zero-order valence-electron chi connectivity index (χ0n) is 18.5. The molecule has 5 rings (SSSR count). The Morgan fingerprint density at radius 1 is 1.12 bits per heavy atom. The third-order valence-electron chi connectivity index (χ3n) is 5.74. The normalized spacial score (nSPS) is 14.7. The summed E-state index contributed by atoms with van der Waals surface area (Å²) in [5.41, 5.74) is 2.36. The van der Waals surface area contributed by atoms with Crippen LogP contribution in [0.1, 0.15) is 26.2 Å². The Bertz CT molecular complexity index is 1120. The van der Waals surface area contributed by atoms with Gasteiger partial charge in [-0.3, -0.25) is 4.79 Å². The number of aromatic nitrogens is 3. The zero-order chi connectivity index (χ0) is 22.6. The molecule has 0 saturated heterocycles. The van der Waals surface area contributed by atoms with Gasteiger partial charge in [0, 0.05) is 23.8 Å². The van der Waals surface area contributed by atoms with Crippen LogP contribution in [0.5, 0.6) is 17.5 Å². The van der Waals surface area contributed by atoms with Crippen molar-refractivity contribution in [3.63, 3.8) is 0 Å². The van der Waals surface area contributed by atoms with Crippen molar-refractivity contribution < 1.29 is 23.7 Å². The molecule has 9 nitrogen and oxygen atoms in total. The number of nitrogens with zero attached hydrogens (tertiary/aromatic N) is 3. The first-order valence-electron chi connectivity index (χ1n) is 11.2. The molecule has 0 atom stereocenters. The molecule has 3 aromatic rings. The molecule has 1 fully saturated rings. The van der Waals surface area contributed by atoms with E-state index in [1.54, 1.807) is 4.68 Å². The van der Waals surface area contributed by atoms with Gasteiger partial charge in [-0.25, -0.2) is 4.68 Å². The van der Waals surface area contributed by atoms with Crippen molar-refractivity contribution in [1.29, 1.82) is 0 Å². The fraction of sp³-hybridized carbons (Fsp3) is 0.375. The Labute approximate surface area is 191 Å². The molecule has 0 spiro atoms. The van der Waals surface area contributed by atoms with Gasteiger partial charge in [0.25, 0.3) is 0 Å². The number of hydrogen-bond donors (Lipinski definition) is 1. The lowest BCUT2D eigenvalue weighted by Crippen LogP contribution is -2.27. The molecule has 1 N–H and O–H groups in total. The topological polar surface area (TPSA) is 96.7 Å². The molecule has 1 saturated carbocycles. The van der Waals surface area contributed by atoms with E-state index in [9.17, 15) is 4.79 Å². The smallest absolute Gasteiger partial charge is 0.336 e. The van der Waals surface area contributed by atoms with E-state index < -0.39 is 0 Å². The standard InChI is InChI=1S/C24H26N4O5/c1-2-30-12-13-31-24-26-22(17-6-11-20-21(14-17)33-15-32-20)28(27-24)19-9-7-18(8-10-19)25-23(29)16-4-3-5-16/h6-11,14,16H,2-5,12-13,15H2,1H3,(H,25,29). The van der Waals surface area contributed by atoms with Gasteiger partial charge in [0.2, 0.25) is 12.7 Å². The molecule has 0 radical (unpaired) electrons. The van der Waals surface area contributed by atoms with E-state index >= 15 is 0 Å². The fourth-order valence-electron chi connectivity index (χ4n) is 3.69. The number of anilines is 1. The van der Waals surface area contributed by atoms with Crippen molar-refractivity contribution in [3.8, 4) is 34.6 Å². The second-order valence-corrected chi connectivity index (χ2v) is 7.91. The van der Waals surface area contributed by atoms with Crippen LogP contribution < -0.4 is 19.5 Å². The molecule has 1 aliphatic carbocycles. The first-order valence-corrected chi connectivity index (χ1v) is 11.2. The number of carbonyl (C=O) groups excluding carboxylic acids is 1. The first kappa shape index (κ1) is 21.3. The van der Waals surface area contributed by atoms with Crippen molar-refractivity contribution in [2.24, 2.45) is 5.92 Å². The fourth-order valence-corrected chi connectivity index (χ4v) is 3.69. The average Bonchev–Trinajstić information content (AvgIpc) is 3.42. The van der Waals surface area contributed by atoms with E-state index in [-0.39, 0.29) is 24.6 Å². The third-order valence-corrected chi connectivity index (χ3v) is 5.74. The highest BCUT2D eigenvalue weighted by Crippen LogP contribution is 2.36. The molecule has 1 aliphatic heterocycles. The van der Waals surface area contributed by atoms with Crippen LogP contribution in [-0.4, -0.2) is 47.3 Å². The largest absolute Gasteiger partial charge is 0.460 e. The van der Waals surface area contributed by atoms with Crippen molar-refractivity contribution in [1.82, 2.24) is 14.8 Å². The van der Waals surface area contributed by atoms with Gasteiger partial charge in [0.1, 0.15) is 6.61 Å². The predicted octanol–water partition coefficient (Wildman–Crippen LogP) is 3.82. The number of rotatable bonds is 9. The Kier molecular flexibility index (Phi) is 6.12. The van der Waals surface area contributed by atoms with E-state index in [2.05, 4.69) is 15.4 Å². The molecule has 1 amide bonds. The number of fused-ring (bicyclic) bond motifs is 1. The van der Waals surface area contributed by atoms with Crippen molar-refractivity contribution in [2.75, 3.05) is 31.9 Å². The minimum atomic E-state index is 0.0841. The van der Waals surface area contributed by atoms with Crippen LogP contribution in [-0.2, 0) is 9.53 Å². The number of amides is 1. The van der Waals surface area contributed by atoms with Crippen molar-refractivity contribution in [2.45, 2.75) is 26.2 Å². The second-order valence-electron chi connectivity index (χ2n) is 7.91. The van der Waals surface area contributed by atoms with Gasteiger partial charge in [0.15, 0.2) is 17.3 Å². The van der Waals surface area contributed by atoms with Gasteiger partial charge >= 0.3 is 6.01 Å². The monoisotopic (exact) mass is 450 g/mol. The maximum Gasteiger partial charge on any atom is 0.336 e. The Balaban J connectivity index is 1.41. The maximum atomic E-state index is 12.2. The average molecular weight is 450 g/mol. The molecule has 2 aromatic carbocycles. The number of benzene rings is 2. The van der Waals surface area contributed by atoms with Crippen LogP contribution in [0.4, 0.5) is 5.69 Å². The summed E-state index contributed by atoms with van der Waals surface area (Å²) in [7, 11) is 0. The van der Waals surface area contributed by atoms with E-state index in [0.717, 1.165) is 36.2 Å². The zero-order valence-corrected chi connectivity index (χ0v) is 18.5. The van der Waals surface area contributed by atoms with Gasteiger partial charge in [0.05, 0.1) is 12.3 Å². The van der Waals surface area contributed by atoms with Crippen LogP contribution in [0.15, 0.2) is 42.5 Å². The molecular formula is C24H26N4O5. The first-order chi connectivity index (χ1) is 16.2. The SMILES string of the molecule is CCOCCOc1nc(-c2ccc3c(c2)OCO3)n(-c2ccc(NC(=O)C3CCC3)cc2)n1. The lowest BCUT2D eigenvalue weighted by atomic mass is 9.85. The molecule has 33 heavy (non-hydrogen) atoms. The van der Waals surface area contributed by atoms with Gasteiger partial charge in [-0.05, 0) is 62.2 Å². The lowest BCUT2D eigenvalue weighted by Gasteiger charge is -2.24. The number of hydrogen-bond acceptors (Lipinski definition) is 7. The molecule has 172 valence electrons. The quantitative estimate of drug-likeness (QED) is 0.495. The van der Waals surface area contributed by atoms with E-state index in [1.165, 1.54) is 0 Å². The van der Waals surface area contributed by atoms with Gasteiger partial charge in [-0.15, -0.1) is 5.10 Å². The highest BCUT2D eigenvalue weighted by atomic mass is 16.7. The van der Waals surface area contributed by atoms with Crippen molar-refractivity contribution in [3.05, 3.63) is 42.5 Å². The van der Waals surface area contributed by atoms with E-state index in [0.29, 0.717) is 37.1 Å². The summed E-state index contributed by atoms with van der Waals surface area (Å²) in [5.74, 6) is 2.18. The van der Waals surface area contributed by atoms with Gasteiger partial charge < -0.3 is 24.3 Å². The highest BCUT2D eigenvalue weighted by molar-refractivity contribution is 5.93. The number of carbonyl (C=O) groups is 1. The summed E-state index contributed by atoms with van der Waals surface area (Å²) in [6, 6.07) is 13.4. The molecule has 2 aliphatic rings. The maximum absolute atomic E-state index is 12.2. The summed E-state index contributed by atoms with van der Waals surface area (Å²) < 4.78 is 23.7. The molecule has 1 aromatic heterocycles. The Morgan fingerprint density at radius 2 is 1.94 bits per heavy atom. The van der Waals surface area contributed by atoms with Crippen LogP contribution in [0.3, 0.4) is 0 Å². The molecule has 0 unspecified atom stereocenters.